The lowest BCUT2D eigenvalue weighted by molar-refractivity contribution is -0.0491. The van der Waals surface area contributed by atoms with Gasteiger partial charge in [-0.15, -0.1) is 0 Å². The van der Waals surface area contributed by atoms with Gasteiger partial charge in [-0.25, -0.2) is 0 Å². The van der Waals surface area contributed by atoms with E-state index in [1.54, 1.807) is 0 Å². The van der Waals surface area contributed by atoms with E-state index < -0.39 is 0 Å². The summed E-state index contributed by atoms with van der Waals surface area (Å²) in [6.45, 7) is 9.62. The Morgan fingerprint density at radius 1 is 1.25 bits per heavy atom. The summed E-state index contributed by atoms with van der Waals surface area (Å²) in [4.78, 5) is 0. The van der Waals surface area contributed by atoms with Crippen LogP contribution in [0.2, 0.25) is 0 Å². The van der Waals surface area contributed by atoms with Gasteiger partial charge < -0.3 is 9.47 Å². The molecule has 0 bridgehead atoms. The Kier molecular flexibility index (Phi) is 7.06. The van der Waals surface area contributed by atoms with Crippen molar-refractivity contribution in [1.29, 1.82) is 0 Å². The molecule has 0 aromatic heterocycles. The van der Waals surface area contributed by atoms with Gasteiger partial charge in [0, 0.05) is 13.2 Å². The molecular formula is C14H28O2. The summed E-state index contributed by atoms with van der Waals surface area (Å²) in [5.41, 5.74) is 0. The fourth-order valence-corrected chi connectivity index (χ4v) is 2.34. The number of ether oxygens (including phenoxy) is 2. The van der Waals surface area contributed by atoms with Crippen molar-refractivity contribution in [3.63, 3.8) is 0 Å². The second kappa shape index (κ2) is 8.08. The molecule has 2 heteroatoms. The van der Waals surface area contributed by atoms with Crippen molar-refractivity contribution in [3.8, 4) is 0 Å². The molecule has 0 saturated carbocycles. The fraction of sp³-hybridized carbons (Fsp3) is 1.00. The molecule has 2 nitrogen and oxygen atoms in total. The van der Waals surface area contributed by atoms with E-state index in [4.69, 9.17) is 9.47 Å². The van der Waals surface area contributed by atoms with Crippen molar-refractivity contribution in [3.05, 3.63) is 0 Å². The monoisotopic (exact) mass is 228 g/mol. The van der Waals surface area contributed by atoms with Crippen molar-refractivity contribution in [2.24, 2.45) is 11.8 Å². The maximum atomic E-state index is 6.04. The summed E-state index contributed by atoms with van der Waals surface area (Å²) < 4.78 is 11.4. The van der Waals surface area contributed by atoms with E-state index in [1.165, 1.54) is 19.3 Å². The minimum Gasteiger partial charge on any atom is -0.381 e. The Bertz CT molecular complexity index is 164. The first-order valence-corrected chi connectivity index (χ1v) is 6.97. The minimum atomic E-state index is 0.456. The van der Waals surface area contributed by atoms with Crippen LogP contribution in [0.3, 0.4) is 0 Å². The molecule has 1 aliphatic rings. The largest absolute Gasteiger partial charge is 0.381 e. The van der Waals surface area contributed by atoms with Gasteiger partial charge >= 0.3 is 0 Å². The van der Waals surface area contributed by atoms with Crippen molar-refractivity contribution in [1.82, 2.24) is 0 Å². The number of hydrogen-bond acceptors (Lipinski definition) is 2. The summed E-state index contributed by atoms with van der Waals surface area (Å²) in [5, 5.41) is 0. The summed E-state index contributed by atoms with van der Waals surface area (Å²) in [5.74, 6) is 1.54. The molecule has 16 heavy (non-hydrogen) atoms. The average Bonchev–Trinajstić information content (AvgIpc) is 2.34. The third kappa shape index (κ3) is 4.84. The van der Waals surface area contributed by atoms with Gasteiger partial charge in [0.15, 0.2) is 0 Å². The van der Waals surface area contributed by atoms with Crippen molar-refractivity contribution < 1.29 is 9.47 Å². The maximum Gasteiger partial charge on any atom is 0.0619 e. The number of hydrogen-bond donors (Lipinski definition) is 0. The van der Waals surface area contributed by atoms with Crippen LogP contribution in [-0.2, 0) is 9.47 Å². The van der Waals surface area contributed by atoms with Gasteiger partial charge in [0.2, 0.25) is 0 Å². The van der Waals surface area contributed by atoms with E-state index in [0.717, 1.165) is 44.5 Å². The Morgan fingerprint density at radius 2 is 1.94 bits per heavy atom. The lowest BCUT2D eigenvalue weighted by atomic mass is 9.89. The summed E-state index contributed by atoms with van der Waals surface area (Å²) >= 11 is 0. The number of rotatable bonds is 7. The molecule has 1 heterocycles. The third-order valence-electron chi connectivity index (χ3n) is 3.82. The lowest BCUT2D eigenvalue weighted by Crippen LogP contribution is -2.27. The first-order chi connectivity index (χ1) is 7.77. The normalized spacial score (nSPS) is 21.9. The molecule has 0 N–H and O–H groups in total. The smallest absolute Gasteiger partial charge is 0.0619 e. The molecule has 0 aromatic carbocycles. The molecule has 1 fully saturated rings. The van der Waals surface area contributed by atoms with Crippen LogP contribution >= 0.6 is 0 Å². The Balaban J connectivity index is 2.24. The zero-order chi connectivity index (χ0) is 11.8. The summed E-state index contributed by atoms with van der Waals surface area (Å²) in [6.07, 6.45) is 6.46. The highest BCUT2D eigenvalue weighted by atomic mass is 16.5. The van der Waals surface area contributed by atoms with Crippen LogP contribution in [0.1, 0.15) is 52.9 Å². The minimum absolute atomic E-state index is 0.456. The van der Waals surface area contributed by atoms with Gasteiger partial charge in [0.05, 0.1) is 12.7 Å². The Hall–Kier alpha value is -0.0800. The van der Waals surface area contributed by atoms with Gasteiger partial charge in [-0.1, -0.05) is 33.6 Å². The van der Waals surface area contributed by atoms with E-state index in [-0.39, 0.29) is 0 Å². The van der Waals surface area contributed by atoms with Crippen LogP contribution in [0.15, 0.2) is 0 Å². The van der Waals surface area contributed by atoms with Crippen LogP contribution in [0.5, 0.6) is 0 Å². The Morgan fingerprint density at radius 3 is 2.50 bits per heavy atom. The van der Waals surface area contributed by atoms with Crippen LogP contribution in [-0.4, -0.2) is 25.9 Å². The van der Waals surface area contributed by atoms with Gasteiger partial charge in [-0.2, -0.15) is 0 Å². The predicted octanol–water partition coefficient (Wildman–Crippen LogP) is 3.64. The molecule has 0 spiro atoms. The van der Waals surface area contributed by atoms with E-state index in [2.05, 4.69) is 20.8 Å². The van der Waals surface area contributed by atoms with Gasteiger partial charge in [0.1, 0.15) is 0 Å². The molecule has 0 aliphatic carbocycles. The molecular weight excluding hydrogens is 200 g/mol. The van der Waals surface area contributed by atoms with Gasteiger partial charge in [-0.05, 0) is 31.1 Å². The first kappa shape index (κ1) is 14.0. The Labute approximate surface area is 101 Å². The van der Waals surface area contributed by atoms with Crippen molar-refractivity contribution in [2.45, 2.75) is 59.0 Å². The molecule has 2 unspecified atom stereocenters. The fourth-order valence-electron chi connectivity index (χ4n) is 2.34. The summed E-state index contributed by atoms with van der Waals surface area (Å²) in [6, 6.07) is 0. The zero-order valence-electron chi connectivity index (χ0n) is 11.2. The molecule has 0 aromatic rings. The highest BCUT2D eigenvalue weighted by Crippen LogP contribution is 2.22. The first-order valence-electron chi connectivity index (χ1n) is 6.97. The van der Waals surface area contributed by atoms with Crippen LogP contribution in [0.25, 0.3) is 0 Å². The quantitative estimate of drug-likeness (QED) is 0.662. The van der Waals surface area contributed by atoms with Crippen LogP contribution < -0.4 is 0 Å². The van der Waals surface area contributed by atoms with E-state index in [0.29, 0.717) is 6.10 Å². The standard InChI is InChI=1S/C14H28O2/c1-4-6-13(12(3)5-2)11-16-14-7-9-15-10-8-14/h12-14H,4-11H2,1-3H3. The molecule has 2 atom stereocenters. The summed E-state index contributed by atoms with van der Waals surface area (Å²) in [7, 11) is 0. The molecule has 0 radical (unpaired) electrons. The highest BCUT2D eigenvalue weighted by Gasteiger charge is 2.19. The zero-order valence-corrected chi connectivity index (χ0v) is 11.2. The molecule has 0 amide bonds. The molecule has 1 rings (SSSR count). The van der Waals surface area contributed by atoms with Crippen LogP contribution in [0, 0.1) is 11.8 Å². The predicted molar refractivity (Wildman–Crippen MR) is 67.6 cm³/mol. The lowest BCUT2D eigenvalue weighted by Gasteiger charge is -2.27. The van der Waals surface area contributed by atoms with E-state index in [9.17, 15) is 0 Å². The molecule has 1 saturated heterocycles. The van der Waals surface area contributed by atoms with Crippen molar-refractivity contribution >= 4 is 0 Å². The van der Waals surface area contributed by atoms with Gasteiger partial charge in [-0.3, -0.25) is 0 Å². The molecule has 96 valence electrons. The SMILES string of the molecule is CCCC(COC1CCOCC1)C(C)CC. The van der Waals surface area contributed by atoms with Crippen molar-refractivity contribution in [2.75, 3.05) is 19.8 Å². The van der Waals surface area contributed by atoms with E-state index in [1.807, 2.05) is 0 Å². The van der Waals surface area contributed by atoms with Gasteiger partial charge in [0.25, 0.3) is 0 Å². The third-order valence-corrected chi connectivity index (χ3v) is 3.82. The second-order valence-electron chi connectivity index (χ2n) is 5.08. The average molecular weight is 228 g/mol. The topological polar surface area (TPSA) is 18.5 Å². The maximum absolute atomic E-state index is 6.04. The highest BCUT2D eigenvalue weighted by molar-refractivity contribution is 4.68. The second-order valence-corrected chi connectivity index (χ2v) is 5.08. The molecule has 1 aliphatic heterocycles. The van der Waals surface area contributed by atoms with Crippen LogP contribution in [0.4, 0.5) is 0 Å². The van der Waals surface area contributed by atoms with E-state index >= 15 is 0 Å².